The summed E-state index contributed by atoms with van der Waals surface area (Å²) in [6.07, 6.45) is -2.48. The van der Waals surface area contributed by atoms with E-state index in [-0.39, 0.29) is 18.8 Å². The van der Waals surface area contributed by atoms with Crippen LogP contribution in [0.15, 0.2) is 42.9 Å². The number of benzene rings is 1. The van der Waals surface area contributed by atoms with E-state index in [1.807, 2.05) is 6.92 Å². The average Bonchev–Trinajstić information content (AvgIpc) is 3.38. The van der Waals surface area contributed by atoms with Gasteiger partial charge in [0.25, 0.3) is 11.7 Å². The first-order chi connectivity index (χ1) is 15.2. The lowest BCUT2D eigenvalue weighted by molar-refractivity contribution is -0.143. The van der Waals surface area contributed by atoms with Gasteiger partial charge in [0.05, 0.1) is 17.4 Å². The topological polar surface area (TPSA) is 102 Å². The number of amides is 1. The highest BCUT2D eigenvalue weighted by atomic mass is 19.4. The highest BCUT2D eigenvalue weighted by molar-refractivity contribution is 5.95. The van der Waals surface area contributed by atoms with E-state index >= 15 is 0 Å². The Balaban J connectivity index is 1.47. The van der Waals surface area contributed by atoms with Crippen LogP contribution in [-0.2, 0) is 6.18 Å². The number of hydrogen-bond acceptors (Lipinski definition) is 6. The molecule has 9 nitrogen and oxygen atoms in total. The van der Waals surface area contributed by atoms with Crippen molar-refractivity contribution in [3.05, 3.63) is 65.4 Å². The van der Waals surface area contributed by atoms with Crippen molar-refractivity contribution in [1.82, 2.24) is 34.7 Å². The second kappa shape index (κ2) is 8.29. The number of nitrogens with zero attached hydrogens (tertiary/aromatic N) is 6. The molecular formula is C20H19F3N8O. The van der Waals surface area contributed by atoms with E-state index < -0.39 is 23.3 Å². The first-order valence-electron chi connectivity index (χ1n) is 9.66. The quantitative estimate of drug-likeness (QED) is 0.444. The van der Waals surface area contributed by atoms with Gasteiger partial charge in [0.2, 0.25) is 0 Å². The van der Waals surface area contributed by atoms with Gasteiger partial charge in [-0.1, -0.05) is 17.7 Å². The molecule has 2 N–H and O–H groups in total. The summed E-state index contributed by atoms with van der Waals surface area (Å²) in [7, 11) is 0. The number of rotatable bonds is 6. The Labute approximate surface area is 180 Å². The van der Waals surface area contributed by atoms with Crippen molar-refractivity contribution >= 4 is 17.5 Å². The van der Waals surface area contributed by atoms with E-state index in [2.05, 4.69) is 30.8 Å². The Kier molecular flexibility index (Phi) is 5.51. The van der Waals surface area contributed by atoms with Crippen molar-refractivity contribution in [2.24, 2.45) is 0 Å². The summed E-state index contributed by atoms with van der Waals surface area (Å²) >= 11 is 0. The molecule has 0 aliphatic rings. The molecule has 0 saturated heterocycles. The van der Waals surface area contributed by atoms with Gasteiger partial charge in [-0.05, 0) is 26.0 Å². The van der Waals surface area contributed by atoms with Gasteiger partial charge in [-0.2, -0.15) is 32.9 Å². The van der Waals surface area contributed by atoms with E-state index in [9.17, 15) is 18.0 Å². The third-order valence-corrected chi connectivity index (χ3v) is 4.66. The summed E-state index contributed by atoms with van der Waals surface area (Å²) < 4.78 is 43.5. The zero-order chi connectivity index (χ0) is 22.9. The number of carbonyl (C=O) groups excluding carboxylic acids is 1. The van der Waals surface area contributed by atoms with Gasteiger partial charge < -0.3 is 10.6 Å². The zero-order valence-corrected chi connectivity index (χ0v) is 17.2. The van der Waals surface area contributed by atoms with Gasteiger partial charge in [-0.3, -0.25) is 4.79 Å². The lowest BCUT2D eigenvalue weighted by Crippen LogP contribution is -2.31. The SMILES string of the molecule is Cc1ccc(-n2ncc(C(=O)NCCNc3cc(C)nc4ncnn34)c2C(F)(F)F)cc1. The third-order valence-electron chi connectivity index (χ3n) is 4.66. The fourth-order valence-electron chi connectivity index (χ4n) is 3.19. The Hall–Kier alpha value is -3.96. The number of fused-ring (bicyclic) bond motifs is 1. The molecule has 0 saturated carbocycles. The minimum absolute atomic E-state index is 0.0728. The van der Waals surface area contributed by atoms with Gasteiger partial charge in [-0.25, -0.2) is 9.67 Å². The van der Waals surface area contributed by atoms with Crippen LogP contribution in [0.1, 0.15) is 27.3 Å². The van der Waals surface area contributed by atoms with Crippen LogP contribution < -0.4 is 10.6 Å². The fraction of sp³-hybridized carbons (Fsp3) is 0.250. The Morgan fingerprint density at radius 3 is 2.56 bits per heavy atom. The summed E-state index contributed by atoms with van der Waals surface area (Å²) in [6, 6.07) is 8.14. The molecule has 0 aliphatic carbocycles. The van der Waals surface area contributed by atoms with Crippen molar-refractivity contribution < 1.29 is 18.0 Å². The Morgan fingerprint density at radius 1 is 1.09 bits per heavy atom. The normalized spacial score (nSPS) is 11.7. The van der Waals surface area contributed by atoms with E-state index in [1.165, 1.54) is 23.0 Å². The zero-order valence-electron chi connectivity index (χ0n) is 17.2. The van der Waals surface area contributed by atoms with Crippen LogP contribution in [0, 0.1) is 13.8 Å². The van der Waals surface area contributed by atoms with Crippen LogP contribution in [-0.4, -0.2) is 48.4 Å². The maximum atomic E-state index is 13.8. The standard InChI is InChI=1S/C20H19F3N8O/c1-12-3-5-14(6-4-12)30-17(20(21,22)23)15(10-27-30)18(32)25-8-7-24-16-9-13(2)29-19-26-11-28-31(16)19/h3-6,9-11,24H,7-8H2,1-2H3,(H,25,32). The molecule has 3 heterocycles. The van der Waals surface area contributed by atoms with Crippen molar-refractivity contribution in [1.29, 1.82) is 0 Å². The van der Waals surface area contributed by atoms with E-state index in [0.717, 1.165) is 22.1 Å². The smallest absolute Gasteiger partial charge is 0.368 e. The molecule has 12 heteroatoms. The predicted octanol–water partition coefficient (Wildman–Crippen LogP) is 2.79. The molecule has 0 unspecified atom stereocenters. The van der Waals surface area contributed by atoms with Gasteiger partial charge in [-0.15, -0.1) is 0 Å². The van der Waals surface area contributed by atoms with Crippen LogP contribution in [0.3, 0.4) is 0 Å². The molecule has 3 aromatic heterocycles. The molecule has 0 aliphatic heterocycles. The number of aromatic nitrogens is 6. The van der Waals surface area contributed by atoms with Crippen LogP contribution >= 0.6 is 0 Å². The first kappa shape index (κ1) is 21.3. The summed E-state index contributed by atoms with van der Waals surface area (Å²) in [6.45, 7) is 3.94. The van der Waals surface area contributed by atoms with Crippen molar-refractivity contribution in [2.45, 2.75) is 20.0 Å². The number of carbonyl (C=O) groups is 1. The lowest BCUT2D eigenvalue weighted by Gasteiger charge is -2.13. The van der Waals surface area contributed by atoms with Gasteiger partial charge in [0.15, 0.2) is 5.69 Å². The van der Waals surface area contributed by atoms with E-state index in [0.29, 0.717) is 11.6 Å². The molecule has 32 heavy (non-hydrogen) atoms. The fourth-order valence-corrected chi connectivity index (χ4v) is 3.19. The number of nitrogens with one attached hydrogen (secondary N) is 2. The number of halogens is 3. The van der Waals surface area contributed by atoms with Gasteiger partial charge in [0, 0.05) is 24.8 Å². The van der Waals surface area contributed by atoms with Crippen LogP contribution in [0.25, 0.3) is 11.5 Å². The van der Waals surface area contributed by atoms with Crippen LogP contribution in [0.2, 0.25) is 0 Å². The molecule has 0 radical (unpaired) electrons. The van der Waals surface area contributed by atoms with Crippen LogP contribution in [0.4, 0.5) is 19.0 Å². The molecule has 1 amide bonds. The molecule has 1 aromatic carbocycles. The largest absolute Gasteiger partial charge is 0.434 e. The Morgan fingerprint density at radius 2 is 1.84 bits per heavy atom. The molecule has 4 aromatic rings. The van der Waals surface area contributed by atoms with Gasteiger partial charge >= 0.3 is 6.18 Å². The molecule has 0 bridgehead atoms. The predicted molar refractivity (Wildman–Crippen MR) is 110 cm³/mol. The molecule has 0 spiro atoms. The minimum Gasteiger partial charge on any atom is -0.368 e. The lowest BCUT2D eigenvalue weighted by atomic mass is 10.2. The highest BCUT2D eigenvalue weighted by Gasteiger charge is 2.40. The Bertz CT molecular complexity index is 1260. The second-order valence-electron chi connectivity index (χ2n) is 7.09. The molecule has 166 valence electrons. The molecule has 4 rings (SSSR count). The van der Waals surface area contributed by atoms with Crippen molar-refractivity contribution in [3.8, 4) is 5.69 Å². The second-order valence-corrected chi connectivity index (χ2v) is 7.09. The highest BCUT2D eigenvalue weighted by Crippen LogP contribution is 2.33. The van der Waals surface area contributed by atoms with Crippen molar-refractivity contribution in [2.75, 3.05) is 18.4 Å². The maximum Gasteiger partial charge on any atom is 0.434 e. The van der Waals surface area contributed by atoms with E-state index in [4.69, 9.17) is 0 Å². The monoisotopic (exact) mass is 444 g/mol. The summed E-state index contributed by atoms with van der Waals surface area (Å²) in [5.74, 6) is 0.145. The number of alkyl halides is 3. The van der Waals surface area contributed by atoms with Crippen LogP contribution in [0.5, 0.6) is 0 Å². The summed E-state index contributed by atoms with van der Waals surface area (Å²) in [4.78, 5) is 20.8. The number of anilines is 1. The van der Waals surface area contributed by atoms with Gasteiger partial charge in [0.1, 0.15) is 12.1 Å². The number of aryl methyl sites for hydroxylation is 2. The van der Waals surface area contributed by atoms with E-state index in [1.54, 1.807) is 25.1 Å². The van der Waals surface area contributed by atoms with Crippen molar-refractivity contribution in [3.63, 3.8) is 0 Å². The maximum absolute atomic E-state index is 13.8. The molecule has 0 atom stereocenters. The minimum atomic E-state index is -4.76. The summed E-state index contributed by atoms with van der Waals surface area (Å²) in [5, 5.41) is 13.4. The summed E-state index contributed by atoms with van der Waals surface area (Å²) in [5.41, 5.74) is 0.161. The molecular weight excluding hydrogens is 425 g/mol. The third kappa shape index (κ3) is 4.24. The number of hydrogen-bond donors (Lipinski definition) is 2. The average molecular weight is 444 g/mol. The molecule has 0 fully saturated rings. The first-order valence-corrected chi connectivity index (χ1v) is 9.66.